The Hall–Kier alpha value is -2.24. The van der Waals surface area contributed by atoms with Crippen LogP contribution in [0, 0.1) is 0 Å². The minimum atomic E-state index is -0.619. The highest BCUT2D eigenvalue weighted by atomic mass is 35.5. The second kappa shape index (κ2) is 5.87. The van der Waals surface area contributed by atoms with Gasteiger partial charge in [0.15, 0.2) is 5.58 Å². The lowest BCUT2D eigenvalue weighted by Crippen LogP contribution is -2.24. The number of amides is 1. The molecule has 0 aliphatic heterocycles. The number of halogens is 2. The van der Waals surface area contributed by atoms with E-state index < -0.39 is 11.7 Å². The summed E-state index contributed by atoms with van der Waals surface area (Å²) >= 11 is 11.9. The summed E-state index contributed by atoms with van der Waals surface area (Å²) < 4.78 is 6.29. The molecule has 0 radical (unpaired) electrons. The molecule has 0 bridgehead atoms. The first-order valence-electron chi connectivity index (χ1n) is 6.38. The van der Waals surface area contributed by atoms with Gasteiger partial charge in [-0.3, -0.25) is 9.36 Å². The SMILES string of the molecule is O=C(Cn1c(=O)oc2ccc(Cl)cc21)Nc1ccccc1Cl. The topological polar surface area (TPSA) is 64.2 Å². The zero-order valence-corrected chi connectivity index (χ0v) is 12.7. The number of aromatic nitrogens is 1. The predicted octanol–water partition coefficient (Wildman–Crippen LogP) is 3.54. The second-order valence-corrected chi connectivity index (χ2v) is 5.44. The smallest absolute Gasteiger partial charge is 0.408 e. The van der Waals surface area contributed by atoms with E-state index in [1.807, 2.05) is 0 Å². The number of benzene rings is 2. The van der Waals surface area contributed by atoms with Gasteiger partial charge in [-0.2, -0.15) is 0 Å². The van der Waals surface area contributed by atoms with Gasteiger partial charge in [-0.1, -0.05) is 35.3 Å². The zero-order chi connectivity index (χ0) is 15.7. The minimum Gasteiger partial charge on any atom is -0.408 e. The molecule has 0 unspecified atom stereocenters. The summed E-state index contributed by atoms with van der Waals surface area (Å²) in [5.41, 5.74) is 1.32. The lowest BCUT2D eigenvalue weighted by atomic mass is 10.3. The molecule has 0 spiro atoms. The Morgan fingerprint density at radius 3 is 2.73 bits per heavy atom. The van der Waals surface area contributed by atoms with Crippen molar-refractivity contribution in [3.63, 3.8) is 0 Å². The van der Waals surface area contributed by atoms with Crippen LogP contribution in [0.4, 0.5) is 5.69 Å². The number of hydrogen-bond donors (Lipinski definition) is 1. The van der Waals surface area contributed by atoms with Crippen molar-refractivity contribution in [3.05, 3.63) is 63.1 Å². The predicted molar refractivity (Wildman–Crippen MR) is 85.6 cm³/mol. The van der Waals surface area contributed by atoms with Gasteiger partial charge < -0.3 is 9.73 Å². The molecule has 0 saturated carbocycles. The van der Waals surface area contributed by atoms with E-state index >= 15 is 0 Å². The zero-order valence-electron chi connectivity index (χ0n) is 11.2. The van der Waals surface area contributed by atoms with Crippen LogP contribution >= 0.6 is 23.2 Å². The number of rotatable bonds is 3. The third kappa shape index (κ3) is 2.86. The van der Waals surface area contributed by atoms with E-state index in [0.717, 1.165) is 0 Å². The maximum atomic E-state index is 12.1. The number of carbonyl (C=O) groups excluding carboxylic acids is 1. The van der Waals surface area contributed by atoms with Gasteiger partial charge in [-0.25, -0.2) is 4.79 Å². The number of nitrogens with one attached hydrogen (secondary N) is 1. The summed E-state index contributed by atoms with van der Waals surface area (Å²) in [7, 11) is 0. The van der Waals surface area contributed by atoms with E-state index in [1.165, 1.54) is 4.57 Å². The van der Waals surface area contributed by atoms with Crippen molar-refractivity contribution in [3.8, 4) is 0 Å². The van der Waals surface area contributed by atoms with E-state index in [1.54, 1.807) is 42.5 Å². The van der Waals surface area contributed by atoms with E-state index in [9.17, 15) is 9.59 Å². The fraction of sp³-hybridized carbons (Fsp3) is 0.0667. The highest BCUT2D eigenvalue weighted by Crippen LogP contribution is 2.21. The summed E-state index contributed by atoms with van der Waals surface area (Å²) in [4.78, 5) is 24.0. The summed E-state index contributed by atoms with van der Waals surface area (Å²) in [5.74, 6) is -1.01. The van der Waals surface area contributed by atoms with Gasteiger partial charge in [0.2, 0.25) is 5.91 Å². The van der Waals surface area contributed by atoms with E-state index in [-0.39, 0.29) is 6.54 Å². The molecule has 0 atom stereocenters. The molecule has 3 aromatic rings. The third-order valence-corrected chi connectivity index (χ3v) is 3.64. The fourth-order valence-electron chi connectivity index (χ4n) is 2.08. The molecule has 3 rings (SSSR count). The molecule has 1 aromatic heterocycles. The molecular formula is C15H10Cl2N2O3. The normalized spacial score (nSPS) is 10.8. The number of nitrogens with zero attached hydrogens (tertiary/aromatic N) is 1. The molecule has 1 N–H and O–H groups in total. The van der Waals surface area contributed by atoms with Crippen LogP contribution in [-0.4, -0.2) is 10.5 Å². The molecule has 5 nitrogen and oxygen atoms in total. The molecule has 7 heteroatoms. The largest absolute Gasteiger partial charge is 0.420 e. The van der Waals surface area contributed by atoms with Crippen molar-refractivity contribution in [1.29, 1.82) is 0 Å². The first kappa shape index (κ1) is 14.7. The van der Waals surface area contributed by atoms with Gasteiger partial charge in [0.25, 0.3) is 0 Å². The number of fused-ring (bicyclic) bond motifs is 1. The highest BCUT2D eigenvalue weighted by Gasteiger charge is 2.14. The molecule has 1 amide bonds. The van der Waals surface area contributed by atoms with Crippen LogP contribution in [-0.2, 0) is 11.3 Å². The standard InChI is InChI=1S/C15H10Cl2N2O3/c16-9-5-6-13-12(7-9)19(15(21)22-13)8-14(20)18-11-4-2-1-3-10(11)17/h1-7H,8H2,(H,18,20). The molecule has 1 heterocycles. The number of oxazole rings is 1. The molecule has 2 aromatic carbocycles. The monoisotopic (exact) mass is 336 g/mol. The average Bonchev–Trinajstić information content (AvgIpc) is 2.77. The third-order valence-electron chi connectivity index (χ3n) is 3.08. The highest BCUT2D eigenvalue weighted by molar-refractivity contribution is 6.33. The van der Waals surface area contributed by atoms with Gasteiger partial charge >= 0.3 is 5.76 Å². The van der Waals surface area contributed by atoms with Gasteiger partial charge in [0.05, 0.1) is 16.2 Å². The summed E-state index contributed by atoms with van der Waals surface area (Å²) in [6.07, 6.45) is 0. The Labute approximate surface area is 135 Å². The van der Waals surface area contributed by atoms with Gasteiger partial charge in [0.1, 0.15) is 6.54 Å². The summed E-state index contributed by atoms with van der Waals surface area (Å²) in [6.45, 7) is -0.197. The van der Waals surface area contributed by atoms with Crippen molar-refractivity contribution in [2.75, 3.05) is 5.32 Å². The molecule has 22 heavy (non-hydrogen) atoms. The van der Waals surface area contributed by atoms with E-state index in [4.69, 9.17) is 27.6 Å². The van der Waals surface area contributed by atoms with Crippen LogP contribution in [0.3, 0.4) is 0 Å². The van der Waals surface area contributed by atoms with Crippen LogP contribution in [0.15, 0.2) is 51.7 Å². The van der Waals surface area contributed by atoms with Crippen LogP contribution in [0.2, 0.25) is 10.0 Å². The van der Waals surface area contributed by atoms with Crippen LogP contribution in [0.25, 0.3) is 11.1 Å². The molecule has 0 aliphatic carbocycles. The van der Waals surface area contributed by atoms with E-state index in [2.05, 4.69) is 5.32 Å². The molecule has 112 valence electrons. The van der Waals surface area contributed by atoms with Crippen molar-refractivity contribution in [2.24, 2.45) is 0 Å². The number of hydrogen-bond acceptors (Lipinski definition) is 3. The number of para-hydroxylation sites is 1. The van der Waals surface area contributed by atoms with E-state index in [0.29, 0.717) is 26.8 Å². The lowest BCUT2D eigenvalue weighted by molar-refractivity contribution is -0.116. The van der Waals surface area contributed by atoms with Crippen LogP contribution < -0.4 is 11.1 Å². The quantitative estimate of drug-likeness (QED) is 0.795. The summed E-state index contributed by atoms with van der Waals surface area (Å²) in [5, 5.41) is 3.52. The van der Waals surface area contributed by atoms with Crippen molar-refractivity contribution in [2.45, 2.75) is 6.54 Å². The molecular weight excluding hydrogens is 327 g/mol. The van der Waals surface area contributed by atoms with Crippen molar-refractivity contribution < 1.29 is 9.21 Å². The molecule has 0 saturated heterocycles. The fourth-order valence-corrected chi connectivity index (χ4v) is 2.43. The van der Waals surface area contributed by atoms with Gasteiger partial charge in [-0.05, 0) is 30.3 Å². The maximum absolute atomic E-state index is 12.1. The minimum absolute atomic E-state index is 0.197. The number of carbonyl (C=O) groups is 1. The number of anilines is 1. The summed E-state index contributed by atoms with van der Waals surface area (Å²) in [6, 6.07) is 11.6. The molecule has 0 aliphatic rings. The molecule has 0 fully saturated rings. The van der Waals surface area contributed by atoms with Crippen LogP contribution in [0.5, 0.6) is 0 Å². The Bertz CT molecular complexity index is 915. The van der Waals surface area contributed by atoms with Crippen LogP contribution in [0.1, 0.15) is 0 Å². The Kier molecular flexibility index (Phi) is 3.92. The van der Waals surface area contributed by atoms with Crippen molar-refractivity contribution in [1.82, 2.24) is 4.57 Å². The van der Waals surface area contributed by atoms with Gasteiger partial charge in [0, 0.05) is 5.02 Å². The maximum Gasteiger partial charge on any atom is 0.420 e. The second-order valence-electron chi connectivity index (χ2n) is 4.59. The first-order valence-corrected chi connectivity index (χ1v) is 7.13. The Balaban J connectivity index is 1.88. The lowest BCUT2D eigenvalue weighted by Gasteiger charge is -2.07. The van der Waals surface area contributed by atoms with Crippen molar-refractivity contribution >= 4 is 45.9 Å². The van der Waals surface area contributed by atoms with Gasteiger partial charge in [-0.15, -0.1) is 0 Å². The Morgan fingerprint density at radius 1 is 1.18 bits per heavy atom. The average molecular weight is 337 g/mol. The Morgan fingerprint density at radius 2 is 1.95 bits per heavy atom. The first-order chi connectivity index (χ1) is 10.5.